The zero-order chi connectivity index (χ0) is 16.7. The molecule has 0 aromatic heterocycles. The van der Waals surface area contributed by atoms with E-state index < -0.39 is 0 Å². The minimum Gasteiger partial charge on any atom is -1.00 e. The fourth-order valence-electron chi connectivity index (χ4n) is 4.03. The van der Waals surface area contributed by atoms with E-state index in [1.807, 2.05) is 12.1 Å². The van der Waals surface area contributed by atoms with E-state index in [-0.39, 0.29) is 17.0 Å². The first-order chi connectivity index (χ1) is 11.6. The molecule has 0 bridgehead atoms. The maximum atomic E-state index is 6.04. The van der Waals surface area contributed by atoms with E-state index in [0.717, 1.165) is 16.1 Å². The summed E-state index contributed by atoms with van der Waals surface area (Å²) in [5.41, 5.74) is 6.92. The van der Waals surface area contributed by atoms with Gasteiger partial charge in [0.1, 0.15) is 12.6 Å². The van der Waals surface area contributed by atoms with Crippen LogP contribution in [0.1, 0.15) is 22.7 Å². The first-order valence-corrected chi connectivity index (χ1v) is 8.69. The van der Waals surface area contributed by atoms with Crippen molar-refractivity contribution in [1.29, 1.82) is 0 Å². The van der Waals surface area contributed by atoms with Crippen molar-refractivity contribution in [2.45, 2.75) is 12.6 Å². The Balaban J connectivity index is 0.00000182. The van der Waals surface area contributed by atoms with Crippen LogP contribution in [0.4, 0.5) is 0 Å². The van der Waals surface area contributed by atoms with Crippen molar-refractivity contribution in [3.8, 4) is 11.1 Å². The van der Waals surface area contributed by atoms with E-state index in [0.29, 0.717) is 6.04 Å². The predicted octanol–water partition coefficient (Wildman–Crippen LogP) is 2.69. The molecular weight excluding hydrogens is 394 g/mol. The lowest BCUT2D eigenvalue weighted by Gasteiger charge is -2.37. The van der Waals surface area contributed by atoms with Gasteiger partial charge in [-0.2, -0.15) is 0 Å². The van der Waals surface area contributed by atoms with Gasteiger partial charge in [-0.1, -0.05) is 72.3 Å². The normalized spacial score (nSPS) is 13.1. The molecule has 0 N–H and O–H groups in total. The highest BCUT2D eigenvalue weighted by molar-refractivity contribution is 6.30. The molecule has 0 atom stereocenters. The van der Waals surface area contributed by atoms with Crippen LogP contribution in [0.5, 0.6) is 0 Å². The second-order valence-corrected chi connectivity index (χ2v) is 7.58. The number of hydrogen-bond donors (Lipinski definition) is 0. The number of benzene rings is 3. The Morgan fingerprint density at radius 3 is 1.76 bits per heavy atom. The topological polar surface area (TPSA) is 0 Å². The second-order valence-electron chi connectivity index (χ2n) is 7.14. The van der Waals surface area contributed by atoms with E-state index in [1.54, 1.807) is 0 Å². The highest BCUT2D eigenvalue weighted by Crippen LogP contribution is 2.48. The molecule has 1 aliphatic carbocycles. The summed E-state index contributed by atoms with van der Waals surface area (Å²) >= 11 is 6.04. The summed E-state index contributed by atoms with van der Waals surface area (Å²) in [6, 6.07) is 26.2. The van der Waals surface area contributed by atoms with Crippen LogP contribution in [-0.4, -0.2) is 18.6 Å². The monoisotopic (exact) mass is 413 g/mol. The lowest BCUT2D eigenvalue weighted by Crippen LogP contribution is -3.00. The largest absolute Gasteiger partial charge is 1.00 e. The first-order valence-electron chi connectivity index (χ1n) is 8.31. The molecule has 1 nitrogen and oxygen atoms in total. The fourth-order valence-corrected chi connectivity index (χ4v) is 4.16. The van der Waals surface area contributed by atoms with Crippen molar-refractivity contribution in [3.05, 3.63) is 94.5 Å². The molecule has 4 rings (SSSR count). The van der Waals surface area contributed by atoms with Crippen LogP contribution in [0.15, 0.2) is 72.8 Å². The lowest BCUT2D eigenvalue weighted by atomic mass is 10.0. The summed E-state index contributed by atoms with van der Waals surface area (Å²) in [4.78, 5) is 0. The minimum atomic E-state index is 0. The Hall–Kier alpha value is -1.61. The molecular formula is C22H21BrClN. The molecule has 0 fully saturated rings. The van der Waals surface area contributed by atoms with Gasteiger partial charge in [-0.25, -0.2) is 0 Å². The number of hydrogen-bond acceptors (Lipinski definition) is 0. The van der Waals surface area contributed by atoms with E-state index in [9.17, 15) is 0 Å². The minimum absolute atomic E-state index is 0. The molecule has 3 aromatic rings. The van der Waals surface area contributed by atoms with Gasteiger partial charge in [-0.15, -0.1) is 0 Å². The van der Waals surface area contributed by atoms with Crippen LogP contribution in [0.25, 0.3) is 11.1 Å². The summed E-state index contributed by atoms with van der Waals surface area (Å²) in [6.45, 7) is 0.963. The Morgan fingerprint density at radius 2 is 1.24 bits per heavy atom. The van der Waals surface area contributed by atoms with Crippen LogP contribution >= 0.6 is 11.6 Å². The summed E-state index contributed by atoms with van der Waals surface area (Å²) in [7, 11) is 4.64. The van der Waals surface area contributed by atoms with Gasteiger partial charge in [-0.3, -0.25) is 0 Å². The molecule has 128 valence electrons. The molecule has 1 aliphatic rings. The average Bonchev–Trinajstić information content (AvgIpc) is 2.92. The lowest BCUT2D eigenvalue weighted by molar-refractivity contribution is -0.927. The van der Waals surface area contributed by atoms with Crippen molar-refractivity contribution >= 4 is 11.6 Å². The summed E-state index contributed by atoms with van der Waals surface area (Å²) in [6.07, 6.45) is 0. The van der Waals surface area contributed by atoms with Crippen molar-refractivity contribution < 1.29 is 21.5 Å². The fraction of sp³-hybridized carbons (Fsp3) is 0.182. The molecule has 25 heavy (non-hydrogen) atoms. The quantitative estimate of drug-likeness (QED) is 0.578. The number of fused-ring (bicyclic) bond motifs is 3. The number of rotatable bonds is 3. The number of halogens is 2. The highest BCUT2D eigenvalue weighted by atomic mass is 79.9. The SMILES string of the molecule is C[N+](C)(Cc1ccc(Cl)cc1)C1c2ccccc2-c2ccccc21.[Br-]. The average molecular weight is 415 g/mol. The molecule has 0 saturated carbocycles. The second kappa shape index (κ2) is 6.95. The third-order valence-electron chi connectivity index (χ3n) is 5.00. The predicted molar refractivity (Wildman–Crippen MR) is 101 cm³/mol. The molecule has 0 amide bonds. The van der Waals surface area contributed by atoms with Crippen LogP contribution in [0.2, 0.25) is 5.02 Å². The molecule has 0 unspecified atom stereocenters. The third kappa shape index (κ3) is 3.27. The maximum Gasteiger partial charge on any atom is 0.141 e. The molecule has 0 spiro atoms. The third-order valence-corrected chi connectivity index (χ3v) is 5.26. The van der Waals surface area contributed by atoms with Crippen LogP contribution in [0.3, 0.4) is 0 Å². The zero-order valence-corrected chi connectivity index (χ0v) is 16.8. The van der Waals surface area contributed by atoms with Gasteiger partial charge in [0.05, 0.1) is 14.1 Å². The summed E-state index contributed by atoms with van der Waals surface area (Å²) in [5.74, 6) is 0. The van der Waals surface area contributed by atoms with E-state index in [4.69, 9.17) is 11.6 Å². The smallest absolute Gasteiger partial charge is 0.141 e. The molecule has 3 aromatic carbocycles. The van der Waals surface area contributed by atoms with E-state index in [1.165, 1.54) is 27.8 Å². The highest BCUT2D eigenvalue weighted by Gasteiger charge is 2.39. The molecule has 3 heteroatoms. The van der Waals surface area contributed by atoms with Crippen molar-refractivity contribution in [3.63, 3.8) is 0 Å². The van der Waals surface area contributed by atoms with Gasteiger partial charge in [0.15, 0.2) is 0 Å². The molecule has 0 saturated heterocycles. The van der Waals surface area contributed by atoms with Gasteiger partial charge in [0, 0.05) is 21.7 Å². The Bertz CT molecular complexity index is 841. The Morgan fingerprint density at radius 1 is 0.760 bits per heavy atom. The van der Waals surface area contributed by atoms with Crippen molar-refractivity contribution in [2.75, 3.05) is 14.1 Å². The Labute approximate surface area is 165 Å². The van der Waals surface area contributed by atoms with Crippen molar-refractivity contribution in [2.24, 2.45) is 0 Å². The number of nitrogens with zero attached hydrogens (tertiary/aromatic N) is 1. The molecule has 0 heterocycles. The standard InChI is InChI=1S/C22H21ClN.BrH/c1-24(2,15-16-11-13-17(23)14-12-16)22-20-9-5-3-7-18(20)19-8-4-6-10-21(19)22;/h3-14,22H,15H2,1-2H3;1H/q+1;/p-1. The van der Waals surface area contributed by atoms with Crippen LogP contribution < -0.4 is 17.0 Å². The van der Waals surface area contributed by atoms with Crippen LogP contribution in [0, 0.1) is 0 Å². The van der Waals surface area contributed by atoms with E-state index in [2.05, 4.69) is 74.8 Å². The van der Waals surface area contributed by atoms with Gasteiger partial charge in [-0.05, 0) is 23.3 Å². The van der Waals surface area contributed by atoms with Gasteiger partial charge < -0.3 is 21.5 Å². The maximum absolute atomic E-state index is 6.04. The first kappa shape index (κ1) is 18.2. The molecule has 0 aliphatic heterocycles. The van der Waals surface area contributed by atoms with Gasteiger partial charge >= 0.3 is 0 Å². The van der Waals surface area contributed by atoms with E-state index >= 15 is 0 Å². The van der Waals surface area contributed by atoms with Crippen molar-refractivity contribution in [1.82, 2.24) is 0 Å². The Kier molecular flexibility index (Phi) is 5.06. The van der Waals surface area contributed by atoms with Gasteiger partial charge in [0.2, 0.25) is 0 Å². The van der Waals surface area contributed by atoms with Crippen LogP contribution in [-0.2, 0) is 6.54 Å². The summed E-state index contributed by atoms with van der Waals surface area (Å²) < 4.78 is 0.885. The molecule has 0 radical (unpaired) electrons. The zero-order valence-electron chi connectivity index (χ0n) is 14.4. The number of quaternary nitrogens is 1. The summed E-state index contributed by atoms with van der Waals surface area (Å²) in [5, 5.41) is 0.792. The van der Waals surface area contributed by atoms with Gasteiger partial charge in [0.25, 0.3) is 0 Å².